The van der Waals surface area contributed by atoms with Crippen LogP contribution in [-0.2, 0) is 13.5 Å². The molecule has 0 saturated heterocycles. The van der Waals surface area contributed by atoms with Crippen molar-refractivity contribution in [2.24, 2.45) is 13.0 Å². The van der Waals surface area contributed by atoms with Gasteiger partial charge in [0.2, 0.25) is 0 Å². The molecule has 1 aromatic rings. The maximum Gasteiger partial charge on any atom is 0.176 e. The largest absolute Gasteiger partial charge is 0.314 e. The van der Waals surface area contributed by atoms with Crippen molar-refractivity contribution in [2.75, 3.05) is 6.54 Å². The van der Waals surface area contributed by atoms with Crippen LogP contribution in [0.5, 0.6) is 0 Å². The number of hydrogen-bond donors (Lipinski definition) is 1. The molecule has 0 aromatic carbocycles. The number of nitrogens with zero attached hydrogens (tertiary/aromatic N) is 4. The topological polar surface area (TPSA) is 55.6 Å². The zero-order valence-electron chi connectivity index (χ0n) is 11.5. The molecule has 17 heavy (non-hydrogen) atoms. The summed E-state index contributed by atoms with van der Waals surface area (Å²) in [6.07, 6.45) is 4.43. The number of rotatable bonds is 8. The second kappa shape index (κ2) is 7.37. The van der Waals surface area contributed by atoms with E-state index in [0.717, 1.165) is 31.1 Å². The lowest BCUT2D eigenvalue weighted by atomic mass is 9.97. The van der Waals surface area contributed by atoms with Gasteiger partial charge in [-0.3, -0.25) is 0 Å². The summed E-state index contributed by atoms with van der Waals surface area (Å²) in [6.45, 7) is 7.78. The molecule has 0 radical (unpaired) electrons. The van der Waals surface area contributed by atoms with Crippen LogP contribution in [0.3, 0.4) is 0 Å². The van der Waals surface area contributed by atoms with Gasteiger partial charge in [-0.25, -0.2) is 0 Å². The van der Waals surface area contributed by atoms with Gasteiger partial charge in [0, 0.05) is 12.5 Å². The smallest absolute Gasteiger partial charge is 0.176 e. The highest BCUT2D eigenvalue weighted by atomic mass is 15.6. The molecule has 98 valence electrons. The zero-order chi connectivity index (χ0) is 12.7. The Morgan fingerprint density at radius 2 is 2.12 bits per heavy atom. The molecule has 0 amide bonds. The fourth-order valence-electron chi connectivity index (χ4n) is 1.87. The van der Waals surface area contributed by atoms with E-state index in [1.165, 1.54) is 17.6 Å². The molecule has 0 aliphatic carbocycles. The van der Waals surface area contributed by atoms with Gasteiger partial charge in [0.25, 0.3) is 0 Å². The summed E-state index contributed by atoms with van der Waals surface area (Å²) in [6, 6.07) is 0.467. The standard InChI is InChI=1S/C12H25N5/c1-5-7-13-11(8-10(3)6-2)9-12-14-16-17(4)15-12/h10-11,13H,5-9H2,1-4H3. The molecule has 5 heteroatoms. The number of tetrazole rings is 1. The Bertz CT molecular complexity index is 310. The van der Waals surface area contributed by atoms with E-state index in [4.69, 9.17) is 0 Å². The van der Waals surface area contributed by atoms with Crippen LogP contribution in [0.4, 0.5) is 0 Å². The third-order valence-corrected chi connectivity index (χ3v) is 3.05. The van der Waals surface area contributed by atoms with Crippen LogP contribution >= 0.6 is 0 Å². The first kappa shape index (κ1) is 14.1. The van der Waals surface area contributed by atoms with Crippen molar-refractivity contribution in [1.29, 1.82) is 0 Å². The highest BCUT2D eigenvalue weighted by Crippen LogP contribution is 2.12. The van der Waals surface area contributed by atoms with Crippen molar-refractivity contribution in [3.8, 4) is 0 Å². The monoisotopic (exact) mass is 239 g/mol. The normalized spacial score (nSPS) is 14.8. The fraction of sp³-hybridized carbons (Fsp3) is 0.917. The molecular weight excluding hydrogens is 214 g/mol. The Kier molecular flexibility index (Phi) is 6.11. The molecule has 1 heterocycles. The van der Waals surface area contributed by atoms with E-state index in [2.05, 4.69) is 41.5 Å². The van der Waals surface area contributed by atoms with E-state index >= 15 is 0 Å². The lowest BCUT2D eigenvalue weighted by molar-refractivity contribution is 0.387. The van der Waals surface area contributed by atoms with Gasteiger partial charge >= 0.3 is 0 Å². The van der Waals surface area contributed by atoms with Gasteiger partial charge in [-0.05, 0) is 30.5 Å². The van der Waals surface area contributed by atoms with E-state index in [-0.39, 0.29) is 0 Å². The molecular formula is C12H25N5. The average molecular weight is 239 g/mol. The Morgan fingerprint density at radius 3 is 2.65 bits per heavy atom. The molecule has 0 aliphatic heterocycles. The molecule has 1 aromatic heterocycles. The van der Waals surface area contributed by atoms with Crippen molar-refractivity contribution in [3.05, 3.63) is 5.82 Å². The Morgan fingerprint density at radius 1 is 1.35 bits per heavy atom. The van der Waals surface area contributed by atoms with Crippen LogP contribution in [0.1, 0.15) is 45.9 Å². The van der Waals surface area contributed by atoms with Crippen molar-refractivity contribution in [3.63, 3.8) is 0 Å². The Balaban J connectivity index is 2.50. The van der Waals surface area contributed by atoms with E-state index < -0.39 is 0 Å². The minimum absolute atomic E-state index is 0.467. The third kappa shape index (κ3) is 5.26. The molecule has 1 N–H and O–H groups in total. The number of nitrogens with one attached hydrogen (secondary N) is 1. The molecule has 0 bridgehead atoms. The van der Waals surface area contributed by atoms with Crippen molar-refractivity contribution in [1.82, 2.24) is 25.5 Å². The summed E-state index contributed by atoms with van der Waals surface area (Å²) >= 11 is 0. The van der Waals surface area contributed by atoms with Crippen LogP contribution in [0.25, 0.3) is 0 Å². The van der Waals surface area contributed by atoms with Gasteiger partial charge in [-0.2, -0.15) is 4.80 Å². The summed E-state index contributed by atoms with van der Waals surface area (Å²) in [4.78, 5) is 1.52. The Hall–Kier alpha value is -0.970. The average Bonchev–Trinajstić information content (AvgIpc) is 2.71. The second-order valence-electron chi connectivity index (χ2n) is 4.80. The highest BCUT2D eigenvalue weighted by molar-refractivity contribution is 4.85. The maximum absolute atomic E-state index is 4.25. The summed E-state index contributed by atoms with van der Waals surface area (Å²) in [5.74, 6) is 1.57. The van der Waals surface area contributed by atoms with Gasteiger partial charge in [0.05, 0.1) is 7.05 Å². The van der Waals surface area contributed by atoms with Crippen LogP contribution in [0.15, 0.2) is 0 Å². The minimum Gasteiger partial charge on any atom is -0.314 e. The van der Waals surface area contributed by atoms with Crippen LogP contribution < -0.4 is 5.32 Å². The molecule has 0 saturated carbocycles. The van der Waals surface area contributed by atoms with E-state index in [0.29, 0.717) is 6.04 Å². The summed E-state index contributed by atoms with van der Waals surface area (Å²) in [7, 11) is 1.81. The molecule has 2 unspecified atom stereocenters. The van der Waals surface area contributed by atoms with E-state index in [1.54, 1.807) is 7.05 Å². The molecule has 5 nitrogen and oxygen atoms in total. The first-order valence-electron chi connectivity index (χ1n) is 6.61. The third-order valence-electron chi connectivity index (χ3n) is 3.05. The first-order chi connectivity index (χ1) is 8.15. The summed E-state index contributed by atoms with van der Waals surface area (Å²) in [5, 5.41) is 15.8. The molecule has 2 atom stereocenters. The predicted molar refractivity (Wildman–Crippen MR) is 68.7 cm³/mol. The number of aromatic nitrogens is 4. The van der Waals surface area contributed by atoms with Gasteiger partial charge in [-0.15, -0.1) is 10.2 Å². The van der Waals surface area contributed by atoms with Gasteiger partial charge in [0.15, 0.2) is 5.82 Å². The predicted octanol–water partition coefficient (Wildman–Crippen LogP) is 1.56. The minimum atomic E-state index is 0.467. The van der Waals surface area contributed by atoms with Gasteiger partial charge in [0.1, 0.15) is 0 Å². The Labute approximate surface area is 104 Å². The second-order valence-corrected chi connectivity index (χ2v) is 4.80. The summed E-state index contributed by atoms with van der Waals surface area (Å²) in [5.41, 5.74) is 0. The number of aryl methyl sites for hydroxylation is 1. The maximum atomic E-state index is 4.25. The van der Waals surface area contributed by atoms with E-state index in [9.17, 15) is 0 Å². The van der Waals surface area contributed by atoms with Crippen LogP contribution in [-0.4, -0.2) is 32.8 Å². The van der Waals surface area contributed by atoms with Crippen molar-refractivity contribution >= 4 is 0 Å². The number of hydrogen-bond acceptors (Lipinski definition) is 4. The zero-order valence-corrected chi connectivity index (χ0v) is 11.5. The van der Waals surface area contributed by atoms with Crippen molar-refractivity contribution < 1.29 is 0 Å². The molecule has 0 spiro atoms. The van der Waals surface area contributed by atoms with Crippen molar-refractivity contribution in [2.45, 2.75) is 52.5 Å². The van der Waals surface area contributed by atoms with Gasteiger partial charge < -0.3 is 5.32 Å². The molecule has 1 rings (SSSR count). The van der Waals surface area contributed by atoms with Crippen LogP contribution in [0, 0.1) is 5.92 Å². The quantitative estimate of drug-likeness (QED) is 0.748. The lowest BCUT2D eigenvalue weighted by Gasteiger charge is -2.20. The molecule has 0 aliphatic rings. The highest BCUT2D eigenvalue weighted by Gasteiger charge is 2.14. The fourth-order valence-corrected chi connectivity index (χ4v) is 1.87. The SMILES string of the molecule is CCCNC(Cc1nnn(C)n1)CC(C)CC. The molecule has 0 fully saturated rings. The lowest BCUT2D eigenvalue weighted by Crippen LogP contribution is -2.33. The first-order valence-corrected chi connectivity index (χ1v) is 6.61. The van der Waals surface area contributed by atoms with E-state index in [1.807, 2.05) is 0 Å². The summed E-state index contributed by atoms with van der Waals surface area (Å²) < 4.78 is 0. The van der Waals surface area contributed by atoms with Crippen LogP contribution in [0.2, 0.25) is 0 Å². The van der Waals surface area contributed by atoms with Gasteiger partial charge in [-0.1, -0.05) is 27.2 Å².